The van der Waals surface area contributed by atoms with Crippen LogP contribution >= 0.6 is 15.9 Å². The van der Waals surface area contributed by atoms with Gasteiger partial charge in [-0.2, -0.15) is 8.78 Å². The van der Waals surface area contributed by atoms with E-state index in [2.05, 4.69) is 20.7 Å². The van der Waals surface area contributed by atoms with Crippen LogP contribution in [0.15, 0.2) is 18.2 Å². The van der Waals surface area contributed by atoms with Crippen molar-refractivity contribution in [1.29, 1.82) is 0 Å². The van der Waals surface area contributed by atoms with Crippen molar-refractivity contribution in [1.82, 2.24) is 0 Å². The highest BCUT2D eigenvalue weighted by molar-refractivity contribution is 9.09. The van der Waals surface area contributed by atoms with E-state index < -0.39 is 6.61 Å². The molecule has 0 saturated carbocycles. The van der Waals surface area contributed by atoms with Gasteiger partial charge in [0.15, 0.2) is 0 Å². The molecule has 0 fully saturated rings. The Labute approximate surface area is 99.2 Å². The van der Waals surface area contributed by atoms with Crippen molar-refractivity contribution in [3.8, 4) is 11.5 Å². The Balaban J connectivity index is 2.86. The molecule has 0 spiro atoms. The third-order valence-corrected chi connectivity index (χ3v) is 2.44. The molecule has 1 aromatic rings. The van der Waals surface area contributed by atoms with Crippen LogP contribution in [-0.2, 0) is 11.2 Å². The molecule has 0 unspecified atom stereocenters. The highest BCUT2D eigenvalue weighted by atomic mass is 79.9. The summed E-state index contributed by atoms with van der Waals surface area (Å²) in [5.74, 6) is -0.356. The van der Waals surface area contributed by atoms with Crippen LogP contribution in [-0.4, -0.2) is 22.8 Å². The molecule has 0 aliphatic carbocycles. The molecule has 1 aromatic carbocycles. The van der Waals surface area contributed by atoms with Gasteiger partial charge in [-0.1, -0.05) is 15.9 Å². The molecule has 0 saturated heterocycles. The van der Waals surface area contributed by atoms with Crippen LogP contribution in [0.4, 0.5) is 8.78 Å². The molecule has 0 aliphatic rings. The fourth-order valence-electron chi connectivity index (χ4n) is 1.14. The van der Waals surface area contributed by atoms with Crippen LogP contribution in [0, 0.1) is 0 Å². The molecule has 0 aliphatic heterocycles. The number of carbonyl (C=O) groups excluding carboxylic acids is 1. The van der Waals surface area contributed by atoms with Crippen molar-refractivity contribution in [2.75, 3.05) is 5.33 Å². The molecule has 1 rings (SSSR count). The summed E-state index contributed by atoms with van der Waals surface area (Å²) in [6.07, 6.45) is -0.0302. The van der Waals surface area contributed by atoms with Gasteiger partial charge in [-0.15, -0.1) is 0 Å². The Morgan fingerprint density at radius 1 is 1.50 bits per heavy atom. The van der Waals surface area contributed by atoms with Gasteiger partial charge >= 0.3 is 6.61 Å². The van der Waals surface area contributed by atoms with Gasteiger partial charge in [0.1, 0.15) is 17.3 Å². The molecule has 16 heavy (non-hydrogen) atoms. The number of phenolic OH excluding ortho intramolecular Hbond substituents is 1. The van der Waals surface area contributed by atoms with E-state index in [9.17, 15) is 18.7 Å². The average molecular weight is 295 g/mol. The predicted molar refractivity (Wildman–Crippen MR) is 57.2 cm³/mol. The number of hydrogen-bond acceptors (Lipinski definition) is 3. The van der Waals surface area contributed by atoms with Crippen molar-refractivity contribution in [3.63, 3.8) is 0 Å². The van der Waals surface area contributed by atoms with Crippen LogP contribution in [0.5, 0.6) is 11.5 Å². The van der Waals surface area contributed by atoms with Crippen LogP contribution in [0.1, 0.15) is 5.56 Å². The van der Waals surface area contributed by atoms with E-state index in [1.54, 1.807) is 0 Å². The monoisotopic (exact) mass is 294 g/mol. The number of Topliss-reactive ketones (excluding diaryl/α,β-unsaturated/α-hetero) is 1. The van der Waals surface area contributed by atoms with Crippen molar-refractivity contribution in [3.05, 3.63) is 23.8 Å². The zero-order chi connectivity index (χ0) is 12.1. The second-order valence-electron chi connectivity index (χ2n) is 3.02. The van der Waals surface area contributed by atoms with Crippen molar-refractivity contribution in [2.45, 2.75) is 13.0 Å². The molecule has 88 valence electrons. The maximum atomic E-state index is 11.9. The fraction of sp³-hybridized carbons (Fsp3) is 0.300. The largest absolute Gasteiger partial charge is 0.508 e. The van der Waals surface area contributed by atoms with Gasteiger partial charge in [0.25, 0.3) is 0 Å². The lowest BCUT2D eigenvalue weighted by atomic mass is 10.1. The van der Waals surface area contributed by atoms with Crippen molar-refractivity contribution < 1.29 is 23.4 Å². The van der Waals surface area contributed by atoms with Crippen LogP contribution in [0.25, 0.3) is 0 Å². The first-order valence-electron chi connectivity index (χ1n) is 4.37. The molecule has 6 heteroatoms. The molecular formula is C10H9BrF2O3. The number of rotatable bonds is 5. The lowest BCUT2D eigenvalue weighted by molar-refractivity contribution is -0.115. The summed E-state index contributed by atoms with van der Waals surface area (Å²) in [6.45, 7) is -2.93. The first kappa shape index (κ1) is 12.9. The van der Waals surface area contributed by atoms with Gasteiger partial charge in [0, 0.05) is 12.0 Å². The van der Waals surface area contributed by atoms with Crippen LogP contribution in [0.2, 0.25) is 0 Å². The summed E-state index contributed by atoms with van der Waals surface area (Å²) < 4.78 is 28.0. The number of phenols is 1. The highest BCUT2D eigenvalue weighted by Gasteiger charge is 2.10. The third-order valence-electron chi connectivity index (χ3n) is 1.81. The third kappa shape index (κ3) is 3.77. The number of ether oxygens (including phenoxy) is 1. The predicted octanol–water partition coefficient (Wildman–Crippen LogP) is 2.50. The quantitative estimate of drug-likeness (QED) is 0.849. The summed E-state index contributed by atoms with van der Waals surface area (Å²) in [7, 11) is 0. The minimum absolute atomic E-state index is 0.0302. The maximum absolute atomic E-state index is 11.9. The normalized spacial score (nSPS) is 10.5. The molecule has 1 N–H and O–H groups in total. The first-order chi connectivity index (χ1) is 7.52. The highest BCUT2D eigenvalue weighted by Crippen LogP contribution is 2.24. The molecular weight excluding hydrogens is 286 g/mol. The van der Waals surface area contributed by atoms with E-state index in [0.29, 0.717) is 0 Å². The topological polar surface area (TPSA) is 46.5 Å². The Kier molecular flexibility index (Phi) is 4.67. The van der Waals surface area contributed by atoms with Gasteiger partial charge in [0.2, 0.25) is 0 Å². The van der Waals surface area contributed by atoms with E-state index in [1.807, 2.05) is 0 Å². The number of ketones is 1. The Morgan fingerprint density at radius 2 is 2.19 bits per heavy atom. The Bertz CT molecular complexity index is 382. The average Bonchev–Trinajstić information content (AvgIpc) is 2.22. The van der Waals surface area contributed by atoms with E-state index in [-0.39, 0.29) is 34.6 Å². The molecule has 0 bridgehead atoms. The first-order valence-corrected chi connectivity index (χ1v) is 5.49. The van der Waals surface area contributed by atoms with Gasteiger partial charge < -0.3 is 9.84 Å². The number of benzene rings is 1. The maximum Gasteiger partial charge on any atom is 0.387 e. The summed E-state index contributed by atoms with van der Waals surface area (Å²) in [5, 5.41) is 9.55. The fourth-order valence-corrected chi connectivity index (χ4v) is 1.34. The molecule has 0 aromatic heterocycles. The smallest absolute Gasteiger partial charge is 0.387 e. The van der Waals surface area contributed by atoms with E-state index in [4.69, 9.17) is 0 Å². The van der Waals surface area contributed by atoms with Gasteiger partial charge in [-0.05, 0) is 18.2 Å². The molecule has 0 atom stereocenters. The van der Waals surface area contributed by atoms with E-state index in [1.165, 1.54) is 18.2 Å². The summed E-state index contributed by atoms with van der Waals surface area (Å²) in [4.78, 5) is 11.1. The summed E-state index contributed by atoms with van der Waals surface area (Å²) in [5.41, 5.74) is 0.266. The minimum atomic E-state index is -2.93. The molecule has 0 heterocycles. The summed E-state index contributed by atoms with van der Waals surface area (Å²) >= 11 is 2.97. The molecule has 0 amide bonds. The zero-order valence-corrected chi connectivity index (χ0v) is 9.71. The van der Waals surface area contributed by atoms with Crippen LogP contribution in [0.3, 0.4) is 0 Å². The lowest BCUT2D eigenvalue weighted by Gasteiger charge is -2.07. The second-order valence-corrected chi connectivity index (χ2v) is 3.58. The van der Waals surface area contributed by atoms with Crippen molar-refractivity contribution in [2.24, 2.45) is 0 Å². The zero-order valence-electron chi connectivity index (χ0n) is 8.12. The number of halogens is 3. The van der Waals surface area contributed by atoms with E-state index >= 15 is 0 Å². The van der Waals surface area contributed by atoms with Gasteiger partial charge in [-0.25, -0.2) is 0 Å². The minimum Gasteiger partial charge on any atom is -0.508 e. The lowest BCUT2D eigenvalue weighted by Crippen LogP contribution is -2.05. The van der Waals surface area contributed by atoms with Gasteiger partial charge in [0.05, 0.1) is 5.33 Å². The number of alkyl halides is 3. The van der Waals surface area contributed by atoms with Crippen LogP contribution < -0.4 is 4.74 Å². The second kappa shape index (κ2) is 5.79. The molecule has 3 nitrogen and oxygen atoms in total. The summed E-state index contributed by atoms with van der Waals surface area (Å²) in [6, 6.07) is 3.65. The SMILES string of the molecule is O=C(CBr)Cc1cc(OC(F)F)ccc1O. The number of carbonyl (C=O) groups is 1. The number of hydrogen-bond donors (Lipinski definition) is 1. The Morgan fingerprint density at radius 3 is 2.75 bits per heavy atom. The van der Waals surface area contributed by atoms with Crippen molar-refractivity contribution >= 4 is 21.7 Å². The number of aromatic hydroxyl groups is 1. The van der Waals surface area contributed by atoms with Gasteiger partial charge in [-0.3, -0.25) is 4.79 Å². The Hall–Kier alpha value is -1.17. The van der Waals surface area contributed by atoms with E-state index in [0.717, 1.165) is 0 Å². The molecule has 0 radical (unpaired) electrons. The standard InChI is InChI=1S/C10H9BrF2O3/c11-5-7(14)3-6-4-8(16-10(12)13)1-2-9(6)15/h1-2,4,10,15H,3,5H2.